The maximum atomic E-state index is 4.34. The van der Waals surface area contributed by atoms with E-state index in [1.54, 1.807) is 0 Å². The third kappa shape index (κ3) is 6.60. The second kappa shape index (κ2) is 9.38. The van der Waals surface area contributed by atoms with Gasteiger partial charge in [0, 0.05) is 11.9 Å². The van der Waals surface area contributed by atoms with Crippen LogP contribution in [0.1, 0.15) is 64.0 Å². The van der Waals surface area contributed by atoms with Crippen LogP contribution in [-0.2, 0) is 6.42 Å². The van der Waals surface area contributed by atoms with Gasteiger partial charge >= 0.3 is 0 Å². The molecule has 0 aliphatic carbocycles. The molecule has 1 aromatic rings. The minimum atomic E-state index is 1.15. The van der Waals surface area contributed by atoms with Crippen LogP contribution in [0.25, 0.3) is 0 Å². The number of unbranched alkanes of at least 4 members (excludes halogenated alkanes) is 7. The zero-order valence-corrected chi connectivity index (χ0v) is 10.6. The summed E-state index contributed by atoms with van der Waals surface area (Å²) in [5.74, 6) is 0. The van der Waals surface area contributed by atoms with E-state index in [0.717, 1.165) is 6.42 Å². The first kappa shape index (κ1) is 13.2. The molecule has 0 saturated carbocycles. The highest BCUT2D eigenvalue weighted by molar-refractivity contribution is 5.03. The molecule has 1 aromatic heterocycles. The predicted molar refractivity (Wildman–Crippen MR) is 70.6 cm³/mol. The van der Waals surface area contributed by atoms with Crippen molar-refractivity contribution in [2.24, 2.45) is 0 Å². The normalized spacial score (nSPS) is 10.6. The van der Waals surface area contributed by atoms with Crippen molar-refractivity contribution in [1.29, 1.82) is 0 Å². The van der Waals surface area contributed by atoms with Crippen molar-refractivity contribution in [1.82, 2.24) is 4.98 Å². The molecule has 0 unspecified atom stereocenters. The highest BCUT2D eigenvalue weighted by atomic mass is 14.7. The minimum Gasteiger partial charge on any atom is -0.261 e. The van der Waals surface area contributed by atoms with Gasteiger partial charge < -0.3 is 0 Å². The first-order valence-electron chi connectivity index (χ1n) is 6.83. The fraction of sp³-hybridized carbons (Fsp3) is 0.667. The average molecular weight is 219 g/mol. The number of rotatable bonds is 9. The van der Waals surface area contributed by atoms with Crippen LogP contribution in [0, 0.1) is 0 Å². The molecule has 16 heavy (non-hydrogen) atoms. The van der Waals surface area contributed by atoms with E-state index in [0.29, 0.717) is 0 Å². The average Bonchev–Trinajstić information content (AvgIpc) is 2.34. The van der Waals surface area contributed by atoms with Gasteiger partial charge in [-0.05, 0) is 25.0 Å². The number of pyridine rings is 1. The number of hydrogen-bond donors (Lipinski definition) is 0. The van der Waals surface area contributed by atoms with Gasteiger partial charge in [-0.25, -0.2) is 0 Å². The van der Waals surface area contributed by atoms with Gasteiger partial charge in [0.15, 0.2) is 0 Å². The molecule has 1 heteroatoms. The van der Waals surface area contributed by atoms with Crippen molar-refractivity contribution >= 4 is 0 Å². The quantitative estimate of drug-likeness (QED) is 0.545. The Labute approximate surface area is 100 Å². The molecule has 1 nitrogen and oxygen atoms in total. The standard InChI is InChI=1S/C15H25N/c1-2-3-4-5-6-7-8-9-12-15-13-10-11-14-16-15/h10-11,13-14H,2-9,12H2,1H3. The molecule has 0 N–H and O–H groups in total. The Morgan fingerprint density at radius 3 is 2.19 bits per heavy atom. The summed E-state index contributed by atoms with van der Waals surface area (Å²) in [5.41, 5.74) is 1.24. The van der Waals surface area contributed by atoms with Crippen LogP contribution in [0.3, 0.4) is 0 Å². The van der Waals surface area contributed by atoms with E-state index in [9.17, 15) is 0 Å². The molecule has 90 valence electrons. The highest BCUT2D eigenvalue weighted by Gasteiger charge is 1.94. The molecule has 0 spiro atoms. The fourth-order valence-corrected chi connectivity index (χ4v) is 1.99. The van der Waals surface area contributed by atoms with E-state index in [1.165, 1.54) is 57.1 Å². The highest BCUT2D eigenvalue weighted by Crippen LogP contribution is 2.10. The van der Waals surface area contributed by atoms with Crippen LogP contribution in [0.15, 0.2) is 24.4 Å². The zero-order valence-electron chi connectivity index (χ0n) is 10.6. The van der Waals surface area contributed by atoms with Crippen molar-refractivity contribution in [2.45, 2.75) is 64.7 Å². The molecule has 0 bridgehead atoms. The molecule has 0 aromatic carbocycles. The van der Waals surface area contributed by atoms with E-state index in [2.05, 4.69) is 24.0 Å². The van der Waals surface area contributed by atoms with Crippen LogP contribution in [0.2, 0.25) is 0 Å². The monoisotopic (exact) mass is 219 g/mol. The van der Waals surface area contributed by atoms with Crippen LogP contribution in [0.5, 0.6) is 0 Å². The van der Waals surface area contributed by atoms with Crippen LogP contribution >= 0.6 is 0 Å². The Morgan fingerprint density at radius 1 is 0.875 bits per heavy atom. The lowest BCUT2D eigenvalue weighted by atomic mass is 10.1. The Hall–Kier alpha value is -0.850. The van der Waals surface area contributed by atoms with Gasteiger partial charge in [-0.2, -0.15) is 0 Å². The fourth-order valence-electron chi connectivity index (χ4n) is 1.99. The van der Waals surface area contributed by atoms with Crippen molar-refractivity contribution in [2.75, 3.05) is 0 Å². The second-order valence-corrected chi connectivity index (χ2v) is 4.55. The summed E-state index contributed by atoms with van der Waals surface area (Å²) in [7, 11) is 0. The molecule has 0 atom stereocenters. The summed E-state index contributed by atoms with van der Waals surface area (Å²) in [5, 5.41) is 0. The Balaban J connectivity index is 1.89. The summed E-state index contributed by atoms with van der Waals surface area (Å²) < 4.78 is 0. The molecule has 0 fully saturated rings. The van der Waals surface area contributed by atoms with Crippen molar-refractivity contribution < 1.29 is 0 Å². The van der Waals surface area contributed by atoms with Gasteiger partial charge in [0.2, 0.25) is 0 Å². The summed E-state index contributed by atoms with van der Waals surface area (Å²) in [6.45, 7) is 2.27. The summed E-state index contributed by atoms with van der Waals surface area (Å²) in [6.07, 6.45) is 14.1. The number of nitrogens with zero attached hydrogens (tertiary/aromatic N) is 1. The number of aromatic nitrogens is 1. The van der Waals surface area contributed by atoms with E-state index in [4.69, 9.17) is 0 Å². The molecule has 0 saturated heterocycles. The third-order valence-electron chi connectivity index (χ3n) is 3.01. The van der Waals surface area contributed by atoms with Gasteiger partial charge in [0.1, 0.15) is 0 Å². The van der Waals surface area contributed by atoms with Crippen LogP contribution in [0.4, 0.5) is 0 Å². The van der Waals surface area contributed by atoms with Gasteiger partial charge in [-0.1, -0.05) is 57.9 Å². The molecular weight excluding hydrogens is 194 g/mol. The van der Waals surface area contributed by atoms with E-state index in [-0.39, 0.29) is 0 Å². The van der Waals surface area contributed by atoms with Crippen molar-refractivity contribution in [3.8, 4) is 0 Å². The van der Waals surface area contributed by atoms with Crippen molar-refractivity contribution in [3.63, 3.8) is 0 Å². The van der Waals surface area contributed by atoms with E-state index >= 15 is 0 Å². The van der Waals surface area contributed by atoms with E-state index in [1.807, 2.05) is 12.3 Å². The number of hydrogen-bond acceptors (Lipinski definition) is 1. The topological polar surface area (TPSA) is 12.9 Å². The predicted octanol–water partition coefficient (Wildman–Crippen LogP) is 4.76. The molecule has 0 aliphatic rings. The summed E-state index contributed by atoms with van der Waals surface area (Å²) in [4.78, 5) is 4.34. The first-order chi connectivity index (χ1) is 7.93. The second-order valence-electron chi connectivity index (χ2n) is 4.55. The van der Waals surface area contributed by atoms with Crippen molar-refractivity contribution in [3.05, 3.63) is 30.1 Å². The number of aryl methyl sites for hydroxylation is 1. The molecule has 1 rings (SSSR count). The molecule has 0 amide bonds. The van der Waals surface area contributed by atoms with E-state index < -0.39 is 0 Å². The maximum absolute atomic E-state index is 4.34. The SMILES string of the molecule is CCCCCCCCCCc1ccccn1. The smallest absolute Gasteiger partial charge is 0.0403 e. The molecule has 1 heterocycles. The Kier molecular flexibility index (Phi) is 7.75. The minimum absolute atomic E-state index is 1.15. The summed E-state index contributed by atoms with van der Waals surface area (Å²) in [6, 6.07) is 6.19. The molecular formula is C15H25N. The molecule has 0 radical (unpaired) electrons. The lowest BCUT2D eigenvalue weighted by molar-refractivity contribution is 0.574. The third-order valence-corrected chi connectivity index (χ3v) is 3.01. The van der Waals surface area contributed by atoms with Gasteiger partial charge in [0.25, 0.3) is 0 Å². The Bertz CT molecular complexity index is 243. The zero-order chi connectivity index (χ0) is 11.5. The van der Waals surface area contributed by atoms with Gasteiger partial charge in [-0.15, -0.1) is 0 Å². The van der Waals surface area contributed by atoms with Gasteiger partial charge in [0.05, 0.1) is 0 Å². The first-order valence-corrected chi connectivity index (χ1v) is 6.83. The lowest BCUT2D eigenvalue weighted by Crippen LogP contribution is -1.89. The van der Waals surface area contributed by atoms with Gasteiger partial charge in [-0.3, -0.25) is 4.98 Å². The largest absolute Gasteiger partial charge is 0.261 e. The van der Waals surface area contributed by atoms with Crippen LogP contribution < -0.4 is 0 Å². The lowest BCUT2D eigenvalue weighted by Gasteiger charge is -2.01. The summed E-state index contributed by atoms with van der Waals surface area (Å²) >= 11 is 0. The molecule has 0 aliphatic heterocycles. The van der Waals surface area contributed by atoms with Crippen LogP contribution in [-0.4, -0.2) is 4.98 Å². The Morgan fingerprint density at radius 2 is 1.56 bits per heavy atom. The maximum Gasteiger partial charge on any atom is 0.0403 e.